The standard InChI is InChI=1S/C10H17F2NO3/c1-6(13-9(15)16)8(14)7-2-4-10(11,12)5-3-7/h6-8,13-14H,2-5H2,1H3,(H,15,16). The molecular weight excluding hydrogens is 220 g/mol. The lowest BCUT2D eigenvalue weighted by molar-refractivity contribution is -0.0657. The van der Waals surface area contributed by atoms with Gasteiger partial charge in [-0.3, -0.25) is 0 Å². The lowest BCUT2D eigenvalue weighted by Crippen LogP contribution is -2.45. The van der Waals surface area contributed by atoms with Crippen LogP contribution in [0.3, 0.4) is 0 Å². The molecule has 1 rings (SSSR count). The van der Waals surface area contributed by atoms with Crippen LogP contribution in [0.5, 0.6) is 0 Å². The predicted octanol–water partition coefficient (Wildman–Crippen LogP) is 1.83. The second-order valence-electron chi connectivity index (χ2n) is 4.42. The lowest BCUT2D eigenvalue weighted by atomic mass is 9.81. The Morgan fingerprint density at radius 3 is 2.38 bits per heavy atom. The van der Waals surface area contributed by atoms with E-state index in [9.17, 15) is 18.7 Å². The highest BCUT2D eigenvalue weighted by molar-refractivity contribution is 5.64. The van der Waals surface area contributed by atoms with Gasteiger partial charge in [-0.25, -0.2) is 13.6 Å². The highest BCUT2D eigenvalue weighted by Gasteiger charge is 2.38. The number of nitrogens with one attached hydrogen (secondary N) is 1. The molecule has 0 aliphatic heterocycles. The van der Waals surface area contributed by atoms with Gasteiger partial charge in [0.25, 0.3) is 0 Å². The van der Waals surface area contributed by atoms with E-state index in [1.54, 1.807) is 0 Å². The molecule has 0 radical (unpaired) electrons. The molecule has 3 N–H and O–H groups in total. The van der Waals surface area contributed by atoms with Crippen LogP contribution in [0.2, 0.25) is 0 Å². The Balaban J connectivity index is 2.43. The molecule has 0 heterocycles. The van der Waals surface area contributed by atoms with Crippen LogP contribution in [0.4, 0.5) is 13.6 Å². The minimum absolute atomic E-state index is 0.228. The average Bonchev–Trinajstić information content (AvgIpc) is 2.15. The van der Waals surface area contributed by atoms with Crippen LogP contribution in [-0.2, 0) is 0 Å². The van der Waals surface area contributed by atoms with Crippen LogP contribution in [0.1, 0.15) is 32.6 Å². The van der Waals surface area contributed by atoms with Gasteiger partial charge in [0, 0.05) is 12.8 Å². The molecule has 4 nitrogen and oxygen atoms in total. The van der Waals surface area contributed by atoms with Crippen molar-refractivity contribution >= 4 is 6.09 Å². The molecule has 0 spiro atoms. The third kappa shape index (κ3) is 3.59. The SMILES string of the molecule is CC(NC(=O)O)C(O)C1CCC(F)(F)CC1. The fraction of sp³-hybridized carbons (Fsp3) is 0.900. The third-order valence-corrected chi connectivity index (χ3v) is 3.11. The molecule has 1 aliphatic rings. The Morgan fingerprint density at radius 2 is 1.94 bits per heavy atom. The van der Waals surface area contributed by atoms with Gasteiger partial charge >= 0.3 is 6.09 Å². The van der Waals surface area contributed by atoms with E-state index in [1.165, 1.54) is 6.92 Å². The van der Waals surface area contributed by atoms with E-state index in [0.29, 0.717) is 0 Å². The highest BCUT2D eigenvalue weighted by atomic mass is 19.3. The summed E-state index contributed by atoms with van der Waals surface area (Å²) in [5, 5.41) is 20.4. The highest BCUT2D eigenvalue weighted by Crippen LogP contribution is 2.37. The summed E-state index contributed by atoms with van der Waals surface area (Å²) in [6.07, 6.45) is -2.09. The second-order valence-corrected chi connectivity index (χ2v) is 4.42. The molecule has 1 aliphatic carbocycles. The minimum atomic E-state index is -2.63. The van der Waals surface area contributed by atoms with Crippen molar-refractivity contribution in [1.29, 1.82) is 0 Å². The van der Waals surface area contributed by atoms with Crippen LogP contribution in [-0.4, -0.2) is 34.4 Å². The maximum Gasteiger partial charge on any atom is 0.404 e. The number of hydrogen-bond acceptors (Lipinski definition) is 2. The first kappa shape index (κ1) is 13.2. The van der Waals surface area contributed by atoms with Gasteiger partial charge in [-0.2, -0.15) is 0 Å². The largest absolute Gasteiger partial charge is 0.465 e. The molecule has 2 unspecified atom stereocenters. The molecule has 0 bridgehead atoms. The summed E-state index contributed by atoms with van der Waals surface area (Å²) in [4.78, 5) is 10.4. The summed E-state index contributed by atoms with van der Waals surface area (Å²) in [5.41, 5.74) is 0. The average molecular weight is 237 g/mol. The summed E-state index contributed by atoms with van der Waals surface area (Å²) in [6.45, 7) is 1.53. The predicted molar refractivity (Wildman–Crippen MR) is 53.5 cm³/mol. The molecule has 0 aromatic heterocycles. The van der Waals surface area contributed by atoms with Gasteiger partial charge in [-0.05, 0) is 25.7 Å². The number of alkyl halides is 2. The van der Waals surface area contributed by atoms with Gasteiger partial charge < -0.3 is 15.5 Å². The van der Waals surface area contributed by atoms with E-state index in [2.05, 4.69) is 5.32 Å². The van der Waals surface area contributed by atoms with Crippen molar-refractivity contribution in [2.24, 2.45) is 5.92 Å². The van der Waals surface area contributed by atoms with Crippen LogP contribution < -0.4 is 5.32 Å². The maximum atomic E-state index is 12.9. The maximum absolute atomic E-state index is 12.9. The van der Waals surface area contributed by atoms with Crippen molar-refractivity contribution in [3.8, 4) is 0 Å². The third-order valence-electron chi connectivity index (χ3n) is 3.11. The summed E-state index contributed by atoms with van der Waals surface area (Å²) in [5.74, 6) is -2.87. The Kier molecular flexibility index (Phi) is 4.07. The van der Waals surface area contributed by atoms with Crippen molar-refractivity contribution in [2.45, 2.75) is 50.7 Å². The van der Waals surface area contributed by atoms with Gasteiger partial charge in [0.1, 0.15) is 0 Å². The van der Waals surface area contributed by atoms with E-state index in [4.69, 9.17) is 5.11 Å². The zero-order valence-electron chi connectivity index (χ0n) is 9.12. The van der Waals surface area contributed by atoms with Gasteiger partial charge in [-0.15, -0.1) is 0 Å². The summed E-state index contributed by atoms with van der Waals surface area (Å²) >= 11 is 0. The summed E-state index contributed by atoms with van der Waals surface area (Å²) in [7, 11) is 0. The zero-order valence-corrected chi connectivity index (χ0v) is 9.12. The number of amides is 1. The number of carbonyl (C=O) groups is 1. The Morgan fingerprint density at radius 1 is 1.44 bits per heavy atom. The molecule has 16 heavy (non-hydrogen) atoms. The molecule has 1 fully saturated rings. The number of aliphatic hydroxyl groups is 1. The summed E-state index contributed by atoms with van der Waals surface area (Å²) in [6, 6.07) is -0.630. The van der Waals surface area contributed by atoms with Crippen molar-refractivity contribution < 1.29 is 23.8 Å². The van der Waals surface area contributed by atoms with Crippen molar-refractivity contribution in [2.75, 3.05) is 0 Å². The van der Waals surface area contributed by atoms with Crippen molar-refractivity contribution in [3.05, 3.63) is 0 Å². The van der Waals surface area contributed by atoms with Crippen LogP contribution >= 0.6 is 0 Å². The first-order valence-corrected chi connectivity index (χ1v) is 5.37. The summed E-state index contributed by atoms with van der Waals surface area (Å²) < 4.78 is 25.7. The van der Waals surface area contributed by atoms with E-state index < -0.39 is 24.2 Å². The smallest absolute Gasteiger partial charge is 0.404 e. The normalized spacial score (nSPS) is 24.8. The molecule has 2 atom stereocenters. The molecule has 94 valence electrons. The van der Waals surface area contributed by atoms with E-state index in [1.807, 2.05) is 0 Å². The number of hydrogen-bond donors (Lipinski definition) is 3. The first-order valence-electron chi connectivity index (χ1n) is 5.37. The Bertz CT molecular complexity index is 250. The first-order chi connectivity index (χ1) is 7.32. The second kappa shape index (κ2) is 4.95. The number of carboxylic acid groups (broad SMARTS) is 1. The molecule has 0 saturated heterocycles. The van der Waals surface area contributed by atoms with Crippen LogP contribution in [0, 0.1) is 5.92 Å². The van der Waals surface area contributed by atoms with Gasteiger partial charge in [-0.1, -0.05) is 0 Å². The molecule has 6 heteroatoms. The molecule has 1 amide bonds. The number of aliphatic hydroxyl groups excluding tert-OH is 1. The van der Waals surface area contributed by atoms with E-state index >= 15 is 0 Å². The van der Waals surface area contributed by atoms with Crippen molar-refractivity contribution in [3.63, 3.8) is 0 Å². The number of halogens is 2. The van der Waals surface area contributed by atoms with Gasteiger partial charge in [0.05, 0.1) is 12.1 Å². The monoisotopic (exact) mass is 237 g/mol. The zero-order chi connectivity index (χ0) is 12.3. The fourth-order valence-corrected chi connectivity index (χ4v) is 2.09. The molecule has 0 aromatic rings. The molecule has 0 aromatic carbocycles. The minimum Gasteiger partial charge on any atom is -0.465 e. The Hall–Kier alpha value is -0.910. The van der Waals surface area contributed by atoms with Crippen LogP contribution in [0.15, 0.2) is 0 Å². The van der Waals surface area contributed by atoms with Crippen LogP contribution in [0.25, 0.3) is 0 Å². The van der Waals surface area contributed by atoms with Crippen molar-refractivity contribution in [1.82, 2.24) is 5.32 Å². The Labute approximate surface area is 92.6 Å². The number of rotatable bonds is 3. The molecule has 1 saturated carbocycles. The van der Waals surface area contributed by atoms with Gasteiger partial charge in [0.15, 0.2) is 0 Å². The fourth-order valence-electron chi connectivity index (χ4n) is 2.09. The van der Waals surface area contributed by atoms with Gasteiger partial charge in [0.2, 0.25) is 5.92 Å². The lowest BCUT2D eigenvalue weighted by Gasteiger charge is -2.33. The quantitative estimate of drug-likeness (QED) is 0.701. The van der Waals surface area contributed by atoms with E-state index in [0.717, 1.165) is 0 Å². The van der Waals surface area contributed by atoms with E-state index in [-0.39, 0.29) is 31.6 Å². The topological polar surface area (TPSA) is 69.6 Å². The molecular formula is C10H17F2NO3.